The number of amides is 2. The van der Waals surface area contributed by atoms with Gasteiger partial charge in [0.25, 0.3) is 0 Å². The van der Waals surface area contributed by atoms with Gasteiger partial charge in [-0.3, -0.25) is 9.59 Å². The van der Waals surface area contributed by atoms with E-state index in [2.05, 4.69) is 11.4 Å². The van der Waals surface area contributed by atoms with Gasteiger partial charge in [-0.2, -0.15) is 5.26 Å². The average Bonchev–Trinajstić information content (AvgIpc) is 3.44. The second-order valence-electron chi connectivity index (χ2n) is 9.93. The molecule has 0 unspecified atom stereocenters. The van der Waals surface area contributed by atoms with E-state index in [0.29, 0.717) is 30.7 Å². The van der Waals surface area contributed by atoms with E-state index in [1.165, 1.54) is 17.0 Å². The Bertz CT molecular complexity index is 1360. The molecule has 1 aliphatic heterocycles. The quantitative estimate of drug-likeness (QED) is 0.589. The van der Waals surface area contributed by atoms with Crippen molar-refractivity contribution >= 4 is 44.9 Å². The van der Waals surface area contributed by atoms with Gasteiger partial charge in [0.15, 0.2) is 9.84 Å². The second kappa shape index (κ2) is 9.05. The minimum Gasteiger partial charge on any atom is -0.336 e. The maximum absolute atomic E-state index is 14.1. The van der Waals surface area contributed by atoms with E-state index >= 15 is 0 Å². The lowest BCUT2D eigenvalue weighted by Gasteiger charge is -2.44. The molecule has 0 aromatic heterocycles. The summed E-state index contributed by atoms with van der Waals surface area (Å²) in [6, 6.07) is 14.4. The predicted molar refractivity (Wildman–Crippen MR) is 135 cm³/mol. The molecule has 1 heterocycles. The van der Waals surface area contributed by atoms with Gasteiger partial charge in [0, 0.05) is 11.6 Å². The van der Waals surface area contributed by atoms with Crippen LogP contribution in [-0.4, -0.2) is 48.5 Å². The van der Waals surface area contributed by atoms with Gasteiger partial charge < -0.3 is 10.2 Å². The first-order chi connectivity index (χ1) is 17.1. The maximum Gasteiger partial charge on any atom is 0.244 e. The van der Waals surface area contributed by atoms with Crippen molar-refractivity contribution in [1.29, 1.82) is 5.26 Å². The van der Waals surface area contributed by atoms with Crippen molar-refractivity contribution in [3.8, 4) is 6.07 Å². The highest BCUT2D eigenvalue weighted by Crippen LogP contribution is 2.47. The molecule has 5 rings (SSSR count). The van der Waals surface area contributed by atoms with Gasteiger partial charge in [0.1, 0.15) is 11.6 Å². The van der Waals surface area contributed by atoms with Crippen LogP contribution in [0.15, 0.2) is 53.4 Å². The van der Waals surface area contributed by atoms with Gasteiger partial charge in [-0.05, 0) is 61.9 Å². The molecule has 1 N–H and O–H groups in total. The van der Waals surface area contributed by atoms with Crippen LogP contribution in [0.5, 0.6) is 0 Å². The third-order valence-corrected chi connectivity index (χ3v) is 10.6. The molecular formula is C26H25Cl2N3O4S. The summed E-state index contributed by atoms with van der Waals surface area (Å²) in [6.45, 7) is -0.126. The highest BCUT2D eigenvalue weighted by molar-refractivity contribution is 7.92. The standard InChI is InChI=1S/C26H25Cl2N3O4S/c27-18-8-6-17(7-9-18)26(10-3-11-26)24(33)31-15-19(36(34,35)22-5-2-1-4-20(22)28)14-21(31)23(32)30-25(16-29)12-13-25/h1-2,4-9,19,21H,3,10-15H2,(H,30,32)/t19-,21+/m1/s1. The Hall–Kier alpha value is -2.60. The Morgan fingerprint density at radius 3 is 2.25 bits per heavy atom. The average molecular weight is 546 g/mol. The van der Waals surface area contributed by atoms with Crippen LogP contribution in [0, 0.1) is 11.3 Å². The van der Waals surface area contributed by atoms with Crippen LogP contribution >= 0.6 is 23.2 Å². The van der Waals surface area contributed by atoms with Crippen molar-refractivity contribution in [2.75, 3.05) is 6.54 Å². The largest absolute Gasteiger partial charge is 0.336 e. The monoisotopic (exact) mass is 545 g/mol. The van der Waals surface area contributed by atoms with E-state index in [1.54, 1.807) is 24.3 Å². The number of halogens is 2. The van der Waals surface area contributed by atoms with Gasteiger partial charge in [-0.1, -0.05) is 53.9 Å². The minimum absolute atomic E-state index is 0.0168. The summed E-state index contributed by atoms with van der Waals surface area (Å²) in [6.07, 6.45) is 3.05. The molecule has 2 aromatic carbocycles. The molecule has 2 aliphatic carbocycles. The summed E-state index contributed by atoms with van der Waals surface area (Å²) >= 11 is 12.3. The summed E-state index contributed by atoms with van der Waals surface area (Å²) in [5, 5.41) is 11.9. The molecular weight excluding hydrogens is 521 g/mol. The Labute approximate surface area is 220 Å². The van der Waals surface area contributed by atoms with Crippen LogP contribution in [0.2, 0.25) is 10.0 Å². The van der Waals surface area contributed by atoms with E-state index in [-0.39, 0.29) is 28.8 Å². The number of benzene rings is 2. The SMILES string of the molecule is N#CC1(NC(=O)[C@@H]2C[C@@H](S(=O)(=O)c3ccccc3Cl)CN2C(=O)C2(c3ccc(Cl)cc3)CCC2)CC1. The maximum atomic E-state index is 14.1. The first kappa shape index (κ1) is 25.1. The molecule has 0 spiro atoms. The first-order valence-corrected chi connectivity index (χ1v) is 14.2. The van der Waals surface area contributed by atoms with Crippen molar-refractivity contribution in [3.63, 3.8) is 0 Å². The van der Waals surface area contributed by atoms with Gasteiger partial charge in [0.2, 0.25) is 11.8 Å². The first-order valence-electron chi connectivity index (χ1n) is 11.9. The fourth-order valence-electron chi connectivity index (χ4n) is 5.26. The Kier molecular flexibility index (Phi) is 6.30. The zero-order valence-electron chi connectivity index (χ0n) is 19.4. The summed E-state index contributed by atoms with van der Waals surface area (Å²) in [7, 11) is -3.93. The molecule has 188 valence electrons. The van der Waals surface area contributed by atoms with Crippen LogP contribution in [0.3, 0.4) is 0 Å². The number of nitrogens with zero attached hydrogens (tertiary/aromatic N) is 2. The molecule has 1 saturated heterocycles. The number of likely N-dealkylation sites (tertiary alicyclic amines) is 1. The molecule has 2 saturated carbocycles. The normalized spacial score (nSPS) is 23.9. The van der Waals surface area contributed by atoms with Crippen LogP contribution in [0.25, 0.3) is 0 Å². The van der Waals surface area contributed by atoms with Crippen LogP contribution in [-0.2, 0) is 24.8 Å². The fourth-order valence-corrected chi connectivity index (χ4v) is 7.60. The number of nitrogens with one attached hydrogen (secondary N) is 1. The van der Waals surface area contributed by atoms with Crippen molar-refractivity contribution in [2.45, 2.75) is 65.7 Å². The number of hydrogen-bond donors (Lipinski definition) is 1. The Morgan fingerprint density at radius 2 is 1.69 bits per heavy atom. The van der Waals surface area contributed by atoms with Gasteiger partial charge >= 0.3 is 0 Å². The van der Waals surface area contributed by atoms with E-state index in [9.17, 15) is 23.3 Å². The lowest BCUT2D eigenvalue weighted by atomic mass is 9.63. The molecule has 10 heteroatoms. The lowest BCUT2D eigenvalue weighted by Crippen LogP contribution is -2.56. The molecule has 0 radical (unpaired) electrons. The van der Waals surface area contributed by atoms with Crippen molar-refractivity contribution in [3.05, 3.63) is 64.1 Å². The minimum atomic E-state index is -3.93. The second-order valence-corrected chi connectivity index (χ2v) is 13.0. The summed E-state index contributed by atoms with van der Waals surface area (Å²) in [4.78, 5) is 28.9. The van der Waals surface area contributed by atoms with E-state index < -0.39 is 38.0 Å². The number of hydrogen-bond acceptors (Lipinski definition) is 5. The third-order valence-electron chi connectivity index (χ3n) is 7.75. The number of carbonyl (C=O) groups excluding carboxylic acids is 2. The van der Waals surface area contributed by atoms with E-state index in [1.807, 2.05) is 12.1 Å². The summed E-state index contributed by atoms with van der Waals surface area (Å²) < 4.78 is 27.1. The number of rotatable bonds is 6. The molecule has 0 bridgehead atoms. The number of sulfone groups is 1. The zero-order chi connectivity index (χ0) is 25.7. The Morgan fingerprint density at radius 1 is 1.03 bits per heavy atom. The van der Waals surface area contributed by atoms with Crippen LogP contribution in [0.4, 0.5) is 0 Å². The van der Waals surface area contributed by atoms with Crippen LogP contribution < -0.4 is 5.32 Å². The van der Waals surface area contributed by atoms with E-state index in [4.69, 9.17) is 23.2 Å². The molecule has 7 nitrogen and oxygen atoms in total. The van der Waals surface area contributed by atoms with Crippen molar-refractivity contribution < 1.29 is 18.0 Å². The fraction of sp³-hybridized carbons (Fsp3) is 0.423. The van der Waals surface area contributed by atoms with Gasteiger partial charge in [-0.15, -0.1) is 0 Å². The number of carbonyl (C=O) groups is 2. The van der Waals surface area contributed by atoms with Gasteiger partial charge in [0.05, 0.1) is 26.7 Å². The molecule has 2 aromatic rings. The molecule has 2 amide bonds. The van der Waals surface area contributed by atoms with Crippen LogP contribution in [0.1, 0.15) is 44.1 Å². The van der Waals surface area contributed by atoms with Crippen molar-refractivity contribution in [1.82, 2.24) is 10.2 Å². The predicted octanol–water partition coefficient (Wildman–Crippen LogP) is 4.03. The smallest absolute Gasteiger partial charge is 0.244 e. The third kappa shape index (κ3) is 4.17. The van der Waals surface area contributed by atoms with E-state index in [0.717, 1.165) is 12.0 Å². The molecule has 3 fully saturated rings. The van der Waals surface area contributed by atoms with Gasteiger partial charge in [-0.25, -0.2) is 8.42 Å². The molecule has 3 aliphatic rings. The molecule has 36 heavy (non-hydrogen) atoms. The van der Waals surface area contributed by atoms with Crippen molar-refractivity contribution in [2.24, 2.45) is 0 Å². The highest BCUT2D eigenvalue weighted by Gasteiger charge is 2.55. The topological polar surface area (TPSA) is 107 Å². The number of nitriles is 1. The Balaban J connectivity index is 1.50. The molecule has 2 atom stereocenters. The summed E-state index contributed by atoms with van der Waals surface area (Å²) in [5.74, 6) is -0.764. The summed E-state index contributed by atoms with van der Waals surface area (Å²) in [5.41, 5.74) is -0.968. The highest BCUT2D eigenvalue weighted by atomic mass is 35.5. The zero-order valence-corrected chi connectivity index (χ0v) is 21.7. The lowest BCUT2D eigenvalue weighted by molar-refractivity contribution is -0.146.